The maximum Gasteiger partial charge on any atom is 0.416 e. The number of benzene rings is 1. The van der Waals surface area contributed by atoms with E-state index in [9.17, 15) is 18.0 Å². The topological polar surface area (TPSA) is 41.1 Å². The van der Waals surface area contributed by atoms with E-state index >= 15 is 0 Å². The zero-order valence-corrected chi connectivity index (χ0v) is 13.4. The van der Waals surface area contributed by atoms with Crippen LogP contribution in [0.15, 0.2) is 18.2 Å². The molecule has 1 amide bonds. The van der Waals surface area contributed by atoms with Crippen LogP contribution in [0.5, 0.6) is 0 Å². The van der Waals surface area contributed by atoms with Crippen molar-refractivity contribution in [3.05, 3.63) is 28.8 Å². The zero-order valence-electron chi connectivity index (χ0n) is 12.7. The zero-order chi connectivity index (χ0) is 16.9. The van der Waals surface area contributed by atoms with Crippen LogP contribution >= 0.6 is 11.6 Å². The summed E-state index contributed by atoms with van der Waals surface area (Å²) >= 11 is 5.85. The Labute approximate surface area is 138 Å². The lowest BCUT2D eigenvalue weighted by Crippen LogP contribution is -2.33. The Hall–Kier alpha value is -1.27. The van der Waals surface area contributed by atoms with Crippen molar-refractivity contribution in [2.45, 2.75) is 50.7 Å². The molecule has 128 valence electrons. The highest BCUT2D eigenvalue weighted by molar-refractivity contribution is 6.33. The summed E-state index contributed by atoms with van der Waals surface area (Å²) in [5, 5.41) is 5.85. The summed E-state index contributed by atoms with van der Waals surface area (Å²) in [7, 11) is 0. The standard InChI is InChI=1S/C16H20ClF3N2O/c17-13-7-6-11(16(18,19)20)10-14(13)22-15(23)8-9-21-12-4-2-1-3-5-12/h6-7,10,12,21H,1-5,8-9H2,(H,22,23). The highest BCUT2D eigenvalue weighted by Crippen LogP contribution is 2.33. The summed E-state index contributed by atoms with van der Waals surface area (Å²) in [6.07, 6.45) is 1.61. The van der Waals surface area contributed by atoms with Gasteiger partial charge in [0.1, 0.15) is 0 Å². The van der Waals surface area contributed by atoms with Gasteiger partial charge in [0.2, 0.25) is 5.91 Å². The van der Waals surface area contributed by atoms with E-state index in [0.717, 1.165) is 31.0 Å². The van der Waals surface area contributed by atoms with Gasteiger partial charge < -0.3 is 10.6 Å². The van der Waals surface area contributed by atoms with Crippen molar-refractivity contribution >= 4 is 23.2 Å². The molecule has 0 atom stereocenters. The Morgan fingerprint density at radius 2 is 1.91 bits per heavy atom. The van der Waals surface area contributed by atoms with Gasteiger partial charge in [-0.3, -0.25) is 4.79 Å². The van der Waals surface area contributed by atoms with Gasteiger partial charge in [0, 0.05) is 19.0 Å². The molecule has 2 N–H and O–H groups in total. The molecule has 0 saturated heterocycles. The van der Waals surface area contributed by atoms with Gasteiger partial charge in [-0.05, 0) is 31.0 Å². The lowest BCUT2D eigenvalue weighted by Gasteiger charge is -2.22. The van der Waals surface area contributed by atoms with E-state index in [0.29, 0.717) is 12.6 Å². The number of rotatable bonds is 5. The first-order valence-electron chi connectivity index (χ1n) is 7.76. The van der Waals surface area contributed by atoms with Gasteiger partial charge in [-0.1, -0.05) is 30.9 Å². The second-order valence-corrected chi connectivity index (χ2v) is 6.19. The number of alkyl halides is 3. The Bertz CT molecular complexity index is 543. The van der Waals surface area contributed by atoms with E-state index in [1.807, 2.05) is 0 Å². The summed E-state index contributed by atoms with van der Waals surface area (Å²) in [5.74, 6) is -0.352. The Kier molecular flexibility index (Phi) is 6.30. The van der Waals surface area contributed by atoms with E-state index in [2.05, 4.69) is 10.6 Å². The van der Waals surface area contributed by atoms with E-state index in [1.54, 1.807) is 0 Å². The average molecular weight is 349 g/mol. The minimum Gasteiger partial charge on any atom is -0.325 e. The second kappa shape index (κ2) is 8.02. The van der Waals surface area contributed by atoms with Crippen molar-refractivity contribution in [1.29, 1.82) is 0 Å². The third kappa shape index (κ3) is 5.70. The van der Waals surface area contributed by atoms with Crippen LogP contribution in [0.25, 0.3) is 0 Å². The molecule has 3 nitrogen and oxygen atoms in total. The van der Waals surface area contributed by atoms with Crippen LogP contribution in [0, 0.1) is 0 Å². The first-order chi connectivity index (χ1) is 10.9. The monoisotopic (exact) mass is 348 g/mol. The van der Waals surface area contributed by atoms with E-state index in [-0.39, 0.29) is 23.0 Å². The van der Waals surface area contributed by atoms with Crippen LogP contribution in [0.1, 0.15) is 44.1 Å². The lowest BCUT2D eigenvalue weighted by atomic mass is 9.95. The minimum absolute atomic E-state index is 0.0100. The number of hydrogen-bond acceptors (Lipinski definition) is 2. The fourth-order valence-corrected chi connectivity index (χ4v) is 2.87. The molecule has 2 rings (SSSR count). The fourth-order valence-electron chi connectivity index (χ4n) is 2.71. The molecule has 1 fully saturated rings. The van der Waals surface area contributed by atoms with Crippen LogP contribution < -0.4 is 10.6 Å². The molecule has 23 heavy (non-hydrogen) atoms. The average Bonchev–Trinajstić information content (AvgIpc) is 2.49. The number of anilines is 1. The van der Waals surface area contributed by atoms with Gasteiger partial charge >= 0.3 is 6.18 Å². The van der Waals surface area contributed by atoms with Gasteiger partial charge in [0.15, 0.2) is 0 Å². The van der Waals surface area contributed by atoms with Crippen LogP contribution in [-0.2, 0) is 11.0 Å². The van der Waals surface area contributed by atoms with Crippen LogP contribution in [0.4, 0.5) is 18.9 Å². The van der Waals surface area contributed by atoms with Gasteiger partial charge in [0.25, 0.3) is 0 Å². The molecular formula is C16H20ClF3N2O. The number of carbonyl (C=O) groups is 1. The third-order valence-electron chi connectivity index (χ3n) is 3.96. The number of carbonyl (C=O) groups excluding carboxylic acids is 1. The van der Waals surface area contributed by atoms with Gasteiger partial charge in [0.05, 0.1) is 16.3 Å². The van der Waals surface area contributed by atoms with Crippen molar-refractivity contribution in [3.8, 4) is 0 Å². The smallest absolute Gasteiger partial charge is 0.325 e. The van der Waals surface area contributed by atoms with Gasteiger partial charge in [-0.2, -0.15) is 13.2 Å². The molecular weight excluding hydrogens is 329 g/mol. The molecule has 0 heterocycles. The molecule has 1 aliphatic rings. The SMILES string of the molecule is O=C(CCNC1CCCCC1)Nc1cc(C(F)(F)F)ccc1Cl. The summed E-state index contributed by atoms with van der Waals surface area (Å²) in [6, 6.07) is 3.33. The molecule has 0 bridgehead atoms. The summed E-state index contributed by atoms with van der Waals surface area (Å²) in [5.41, 5.74) is -0.846. The van der Waals surface area contributed by atoms with Crippen molar-refractivity contribution < 1.29 is 18.0 Å². The first-order valence-corrected chi connectivity index (χ1v) is 8.14. The Balaban J connectivity index is 1.84. The molecule has 1 saturated carbocycles. The first kappa shape index (κ1) is 18.1. The molecule has 0 aliphatic heterocycles. The quantitative estimate of drug-likeness (QED) is 0.815. The number of amides is 1. The van der Waals surface area contributed by atoms with Crippen molar-refractivity contribution in [2.75, 3.05) is 11.9 Å². The summed E-state index contributed by atoms with van der Waals surface area (Å²) in [6.45, 7) is 0.507. The van der Waals surface area contributed by atoms with Gasteiger partial charge in [-0.25, -0.2) is 0 Å². The molecule has 0 unspecified atom stereocenters. The highest BCUT2D eigenvalue weighted by Gasteiger charge is 2.31. The predicted octanol–water partition coefficient (Wildman–Crippen LogP) is 4.61. The van der Waals surface area contributed by atoms with E-state index in [1.165, 1.54) is 19.3 Å². The molecule has 1 aromatic rings. The Morgan fingerprint density at radius 3 is 2.57 bits per heavy atom. The molecule has 1 aromatic carbocycles. The lowest BCUT2D eigenvalue weighted by molar-refractivity contribution is -0.137. The second-order valence-electron chi connectivity index (χ2n) is 5.78. The maximum absolute atomic E-state index is 12.7. The van der Waals surface area contributed by atoms with Crippen LogP contribution in [0.2, 0.25) is 5.02 Å². The van der Waals surface area contributed by atoms with Crippen LogP contribution in [-0.4, -0.2) is 18.5 Å². The summed E-state index contributed by atoms with van der Waals surface area (Å²) in [4.78, 5) is 11.9. The molecule has 0 spiro atoms. The minimum atomic E-state index is -4.47. The normalized spacial score (nSPS) is 16.3. The van der Waals surface area contributed by atoms with Crippen molar-refractivity contribution in [1.82, 2.24) is 5.32 Å². The Morgan fingerprint density at radius 1 is 1.22 bits per heavy atom. The largest absolute Gasteiger partial charge is 0.416 e. The number of nitrogens with one attached hydrogen (secondary N) is 2. The fraction of sp³-hybridized carbons (Fsp3) is 0.562. The molecule has 1 aliphatic carbocycles. The summed E-state index contributed by atoms with van der Waals surface area (Å²) < 4.78 is 38.0. The van der Waals surface area contributed by atoms with Crippen LogP contribution in [0.3, 0.4) is 0 Å². The third-order valence-corrected chi connectivity index (χ3v) is 4.29. The predicted molar refractivity (Wildman–Crippen MR) is 84.6 cm³/mol. The highest BCUT2D eigenvalue weighted by atomic mass is 35.5. The molecule has 7 heteroatoms. The van der Waals surface area contributed by atoms with Crippen molar-refractivity contribution in [3.63, 3.8) is 0 Å². The maximum atomic E-state index is 12.7. The van der Waals surface area contributed by atoms with E-state index < -0.39 is 11.7 Å². The van der Waals surface area contributed by atoms with Gasteiger partial charge in [-0.15, -0.1) is 0 Å². The van der Waals surface area contributed by atoms with Crippen molar-refractivity contribution in [2.24, 2.45) is 0 Å². The molecule has 0 aromatic heterocycles. The molecule has 0 radical (unpaired) electrons. The number of halogens is 4. The van der Waals surface area contributed by atoms with E-state index in [4.69, 9.17) is 11.6 Å². The number of hydrogen-bond donors (Lipinski definition) is 2.